The van der Waals surface area contributed by atoms with Gasteiger partial charge in [-0.2, -0.15) is 0 Å². The van der Waals surface area contributed by atoms with Gasteiger partial charge in [-0.1, -0.05) is 0 Å². The first-order chi connectivity index (χ1) is 8.17. The molecule has 4 aliphatic carbocycles. The molecule has 17 heavy (non-hydrogen) atoms. The standard InChI is InChI=1S/C15H27NO/c1-9(8-17)16-10(2)15-13-4-11-3-12(6-13)7-14(15)5-11/h9-17H,3-8H2,1-2H3. The first-order valence-electron chi connectivity index (χ1n) is 7.54. The lowest BCUT2D eigenvalue weighted by Crippen LogP contribution is -2.53. The molecule has 0 aliphatic heterocycles. The van der Waals surface area contributed by atoms with E-state index >= 15 is 0 Å². The van der Waals surface area contributed by atoms with Crippen LogP contribution in [0.5, 0.6) is 0 Å². The van der Waals surface area contributed by atoms with Crippen molar-refractivity contribution in [3.8, 4) is 0 Å². The van der Waals surface area contributed by atoms with Crippen molar-refractivity contribution in [2.75, 3.05) is 6.61 Å². The summed E-state index contributed by atoms with van der Waals surface area (Å²) in [6, 6.07) is 0.842. The third kappa shape index (κ3) is 2.15. The van der Waals surface area contributed by atoms with Crippen molar-refractivity contribution in [3.63, 3.8) is 0 Å². The largest absolute Gasteiger partial charge is 0.395 e. The van der Waals surface area contributed by atoms with Crippen LogP contribution in [0.3, 0.4) is 0 Å². The molecule has 2 N–H and O–H groups in total. The van der Waals surface area contributed by atoms with E-state index in [0.717, 1.165) is 29.6 Å². The molecule has 4 fully saturated rings. The van der Waals surface area contributed by atoms with Crippen LogP contribution in [0, 0.1) is 29.6 Å². The highest BCUT2D eigenvalue weighted by molar-refractivity contribution is 5.01. The number of aliphatic hydroxyl groups excluding tert-OH is 1. The molecule has 0 radical (unpaired) electrons. The average molecular weight is 237 g/mol. The lowest BCUT2D eigenvalue weighted by molar-refractivity contribution is -0.0510. The monoisotopic (exact) mass is 237 g/mol. The lowest BCUT2D eigenvalue weighted by atomic mass is 9.50. The van der Waals surface area contributed by atoms with E-state index in [1.165, 1.54) is 32.1 Å². The van der Waals surface area contributed by atoms with E-state index in [0.29, 0.717) is 6.04 Å². The van der Waals surface area contributed by atoms with Crippen LogP contribution in [0.15, 0.2) is 0 Å². The van der Waals surface area contributed by atoms with Gasteiger partial charge in [-0.3, -0.25) is 0 Å². The van der Waals surface area contributed by atoms with Gasteiger partial charge in [0.05, 0.1) is 6.61 Å². The molecule has 0 aromatic carbocycles. The van der Waals surface area contributed by atoms with E-state index < -0.39 is 0 Å². The van der Waals surface area contributed by atoms with E-state index in [-0.39, 0.29) is 12.6 Å². The lowest BCUT2D eigenvalue weighted by Gasteiger charge is -2.56. The van der Waals surface area contributed by atoms with Crippen LogP contribution in [0.2, 0.25) is 0 Å². The molecular formula is C15H27NO. The summed E-state index contributed by atoms with van der Waals surface area (Å²) >= 11 is 0. The molecule has 0 spiro atoms. The molecule has 4 bridgehead atoms. The Bertz CT molecular complexity index is 250. The number of hydrogen-bond acceptors (Lipinski definition) is 2. The third-order valence-corrected chi connectivity index (χ3v) is 5.70. The summed E-state index contributed by atoms with van der Waals surface area (Å²) in [6.07, 6.45) is 7.53. The average Bonchev–Trinajstić information content (AvgIpc) is 2.27. The maximum absolute atomic E-state index is 9.17. The topological polar surface area (TPSA) is 32.3 Å². The Morgan fingerprint density at radius 2 is 1.53 bits per heavy atom. The van der Waals surface area contributed by atoms with Crippen molar-refractivity contribution in [2.45, 2.75) is 58.0 Å². The maximum atomic E-state index is 9.17. The van der Waals surface area contributed by atoms with Crippen LogP contribution in [0.1, 0.15) is 46.0 Å². The number of rotatable bonds is 4. The van der Waals surface area contributed by atoms with Crippen LogP contribution >= 0.6 is 0 Å². The molecule has 0 aromatic heterocycles. The smallest absolute Gasteiger partial charge is 0.0582 e. The molecule has 4 rings (SSSR count). The quantitative estimate of drug-likeness (QED) is 0.787. The van der Waals surface area contributed by atoms with E-state index in [1.54, 1.807) is 0 Å². The van der Waals surface area contributed by atoms with Crippen molar-refractivity contribution in [1.82, 2.24) is 5.32 Å². The molecule has 2 nitrogen and oxygen atoms in total. The number of nitrogens with one attached hydrogen (secondary N) is 1. The van der Waals surface area contributed by atoms with Crippen LogP contribution in [0.25, 0.3) is 0 Å². The van der Waals surface area contributed by atoms with Crippen molar-refractivity contribution in [1.29, 1.82) is 0 Å². The van der Waals surface area contributed by atoms with Crippen molar-refractivity contribution in [2.24, 2.45) is 29.6 Å². The number of hydrogen-bond donors (Lipinski definition) is 2. The Labute approximate surface area is 105 Å². The fraction of sp³-hybridized carbons (Fsp3) is 1.00. The molecule has 0 saturated heterocycles. The van der Waals surface area contributed by atoms with Crippen LogP contribution in [0.4, 0.5) is 0 Å². The Morgan fingerprint density at radius 1 is 1.00 bits per heavy atom. The summed E-state index contributed by atoms with van der Waals surface area (Å²) in [4.78, 5) is 0. The van der Waals surface area contributed by atoms with Gasteiger partial charge in [-0.15, -0.1) is 0 Å². The molecule has 0 amide bonds. The van der Waals surface area contributed by atoms with Gasteiger partial charge in [0.25, 0.3) is 0 Å². The van der Waals surface area contributed by atoms with E-state index in [1.807, 2.05) is 0 Å². The van der Waals surface area contributed by atoms with Crippen LogP contribution in [-0.4, -0.2) is 23.8 Å². The summed E-state index contributed by atoms with van der Waals surface area (Å²) in [7, 11) is 0. The molecule has 4 aliphatic rings. The maximum Gasteiger partial charge on any atom is 0.0582 e. The highest BCUT2D eigenvalue weighted by Gasteiger charge is 2.49. The van der Waals surface area contributed by atoms with Gasteiger partial charge in [0.1, 0.15) is 0 Å². The third-order valence-electron chi connectivity index (χ3n) is 5.70. The van der Waals surface area contributed by atoms with Gasteiger partial charge in [-0.05, 0) is 75.5 Å². The second kappa shape index (κ2) is 4.55. The molecule has 98 valence electrons. The highest BCUT2D eigenvalue weighted by atomic mass is 16.3. The molecule has 2 atom stereocenters. The van der Waals surface area contributed by atoms with Gasteiger partial charge >= 0.3 is 0 Å². The van der Waals surface area contributed by atoms with E-state index in [2.05, 4.69) is 19.2 Å². The predicted molar refractivity (Wildman–Crippen MR) is 69.7 cm³/mol. The summed E-state index contributed by atoms with van der Waals surface area (Å²) in [5.74, 6) is 4.99. The van der Waals surface area contributed by atoms with Crippen molar-refractivity contribution in [3.05, 3.63) is 0 Å². The van der Waals surface area contributed by atoms with Gasteiger partial charge in [-0.25, -0.2) is 0 Å². The normalized spacial score (nSPS) is 47.1. The second-order valence-electron chi connectivity index (χ2n) is 7.05. The Hall–Kier alpha value is -0.0800. The Balaban J connectivity index is 1.67. The molecule has 2 unspecified atom stereocenters. The van der Waals surface area contributed by atoms with Crippen LogP contribution in [-0.2, 0) is 0 Å². The van der Waals surface area contributed by atoms with Crippen molar-refractivity contribution < 1.29 is 5.11 Å². The van der Waals surface area contributed by atoms with E-state index in [4.69, 9.17) is 0 Å². The minimum absolute atomic E-state index is 0.252. The summed E-state index contributed by atoms with van der Waals surface area (Å²) in [5.41, 5.74) is 0. The molecule has 2 heteroatoms. The SMILES string of the molecule is CC(CO)NC(C)C1C2CC3CC(C2)CC1C3. The van der Waals surface area contributed by atoms with E-state index in [9.17, 15) is 5.11 Å². The first kappa shape index (κ1) is 12.0. The zero-order valence-corrected chi connectivity index (χ0v) is 11.2. The predicted octanol–water partition coefficient (Wildman–Crippen LogP) is 2.42. The molecule has 0 heterocycles. The number of aliphatic hydroxyl groups is 1. The molecule has 4 saturated carbocycles. The van der Waals surface area contributed by atoms with Gasteiger partial charge in [0, 0.05) is 12.1 Å². The minimum atomic E-state index is 0.252. The first-order valence-corrected chi connectivity index (χ1v) is 7.54. The van der Waals surface area contributed by atoms with Gasteiger partial charge in [0.2, 0.25) is 0 Å². The van der Waals surface area contributed by atoms with Crippen LogP contribution < -0.4 is 5.32 Å². The highest BCUT2D eigenvalue weighted by Crippen LogP contribution is 2.57. The minimum Gasteiger partial charge on any atom is -0.395 e. The summed E-state index contributed by atoms with van der Waals surface area (Å²) < 4.78 is 0. The van der Waals surface area contributed by atoms with Gasteiger partial charge < -0.3 is 10.4 Å². The van der Waals surface area contributed by atoms with Gasteiger partial charge in [0.15, 0.2) is 0 Å². The molecule has 0 aromatic rings. The summed E-state index contributed by atoms with van der Waals surface area (Å²) in [5, 5.41) is 12.8. The van der Waals surface area contributed by atoms with Crippen molar-refractivity contribution >= 4 is 0 Å². The zero-order valence-electron chi connectivity index (χ0n) is 11.2. The second-order valence-corrected chi connectivity index (χ2v) is 7.05. The molecular weight excluding hydrogens is 210 g/mol. The Morgan fingerprint density at radius 3 is 2.00 bits per heavy atom. The Kier molecular flexibility index (Phi) is 3.20. The fourth-order valence-corrected chi connectivity index (χ4v) is 5.40. The summed E-state index contributed by atoms with van der Waals surface area (Å²) in [6.45, 7) is 4.70. The zero-order chi connectivity index (χ0) is 12.0. The fourth-order valence-electron chi connectivity index (χ4n) is 5.40.